The molecule has 4 aliphatic carbocycles. The van der Waals surface area contributed by atoms with Crippen LogP contribution >= 0.6 is 0 Å². The van der Waals surface area contributed by atoms with Crippen LogP contribution in [-0.2, 0) is 9.59 Å². The predicted octanol–water partition coefficient (Wildman–Crippen LogP) is 7.03. The van der Waals surface area contributed by atoms with E-state index in [1.165, 1.54) is 17.6 Å². The predicted molar refractivity (Wildman–Crippen MR) is 127 cm³/mol. The molecular weight excluding hydrogens is 380 g/mol. The molecule has 0 bridgehead atoms. The van der Waals surface area contributed by atoms with Crippen LogP contribution < -0.4 is 0 Å². The first-order valence-corrected chi connectivity index (χ1v) is 12.3. The van der Waals surface area contributed by atoms with Crippen LogP contribution in [0.5, 0.6) is 0 Å². The number of ketones is 2. The monoisotopic (exact) mass is 420 g/mol. The zero-order chi connectivity index (χ0) is 22.8. The van der Waals surface area contributed by atoms with E-state index in [4.69, 9.17) is 0 Å². The van der Waals surface area contributed by atoms with Crippen LogP contribution in [0.1, 0.15) is 80.6 Å². The molecule has 1 saturated carbocycles. The van der Waals surface area contributed by atoms with Crippen molar-refractivity contribution in [3.8, 4) is 0 Å². The highest BCUT2D eigenvalue weighted by molar-refractivity contribution is 6.13. The SMILES string of the molecule is CC(C)[C@@H](C)/C=C/[C@@H](C)[C@H]1CC[C@@]2(C)C3=CC(=O)C4=CC(=O)CC[C@]4(C)C3=CC[C@]12C. The molecule has 0 heterocycles. The van der Waals surface area contributed by atoms with Crippen LogP contribution in [0.25, 0.3) is 0 Å². The Morgan fingerprint density at radius 3 is 2.32 bits per heavy atom. The molecule has 0 aliphatic heterocycles. The molecule has 4 rings (SSSR count). The van der Waals surface area contributed by atoms with Crippen molar-refractivity contribution in [1.82, 2.24) is 0 Å². The fraction of sp³-hybridized carbons (Fsp3) is 0.655. The van der Waals surface area contributed by atoms with Crippen molar-refractivity contribution in [3.05, 3.63) is 47.1 Å². The smallest absolute Gasteiger partial charge is 0.183 e. The van der Waals surface area contributed by atoms with Gasteiger partial charge >= 0.3 is 0 Å². The van der Waals surface area contributed by atoms with Crippen molar-refractivity contribution in [1.29, 1.82) is 0 Å². The fourth-order valence-electron chi connectivity index (χ4n) is 7.04. The molecular formula is C29H40O2. The highest BCUT2D eigenvalue weighted by Crippen LogP contribution is 2.69. The molecule has 6 atom stereocenters. The highest BCUT2D eigenvalue weighted by atomic mass is 16.1. The normalized spacial score (nSPS) is 39.5. The largest absolute Gasteiger partial charge is 0.295 e. The maximum Gasteiger partial charge on any atom is 0.183 e. The summed E-state index contributed by atoms with van der Waals surface area (Å²) in [6, 6.07) is 0. The summed E-state index contributed by atoms with van der Waals surface area (Å²) in [5.41, 5.74) is 3.20. The molecule has 31 heavy (non-hydrogen) atoms. The summed E-state index contributed by atoms with van der Waals surface area (Å²) >= 11 is 0. The van der Waals surface area contributed by atoms with E-state index in [0.29, 0.717) is 30.1 Å². The Balaban J connectivity index is 1.72. The number of allylic oxidation sites excluding steroid dienone is 8. The molecule has 0 aromatic heterocycles. The molecule has 0 unspecified atom stereocenters. The van der Waals surface area contributed by atoms with Gasteiger partial charge in [-0.25, -0.2) is 0 Å². The van der Waals surface area contributed by atoms with E-state index in [2.05, 4.69) is 66.7 Å². The van der Waals surface area contributed by atoms with E-state index in [-0.39, 0.29) is 27.8 Å². The third-order valence-electron chi connectivity index (χ3n) is 9.96. The molecule has 0 saturated heterocycles. The second kappa shape index (κ2) is 7.42. The van der Waals surface area contributed by atoms with Gasteiger partial charge in [0.15, 0.2) is 11.6 Å². The van der Waals surface area contributed by atoms with E-state index in [1.807, 2.05) is 6.08 Å². The number of hydrogen-bond acceptors (Lipinski definition) is 2. The zero-order valence-electron chi connectivity index (χ0n) is 20.5. The summed E-state index contributed by atoms with van der Waals surface area (Å²) in [5.74, 6) is 2.56. The topological polar surface area (TPSA) is 34.1 Å². The van der Waals surface area contributed by atoms with Gasteiger partial charge in [0.1, 0.15) is 0 Å². The lowest BCUT2D eigenvalue weighted by Gasteiger charge is -2.55. The molecule has 0 N–H and O–H groups in total. The van der Waals surface area contributed by atoms with Gasteiger partial charge in [-0.2, -0.15) is 0 Å². The van der Waals surface area contributed by atoms with Gasteiger partial charge in [-0.05, 0) is 83.5 Å². The molecule has 168 valence electrons. The van der Waals surface area contributed by atoms with E-state index in [1.54, 1.807) is 6.08 Å². The van der Waals surface area contributed by atoms with Gasteiger partial charge in [-0.3, -0.25) is 9.59 Å². The highest BCUT2D eigenvalue weighted by Gasteiger charge is 2.61. The first kappa shape index (κ1) is 22.5. The minimum Gasteiger partial charge on any atom is -0.295 e. The van der Waals surface area contributed by atoms with Gasteiger partial charge in [0.2, 0.25) is 0 Å². The molecule has 0 aromatic carbocycles. The average Bonchev–Trinajstić information content (AvgIpc) is 2.99. The molecule has 0 aromatic rings. The Morgan fingerprint density at radius 2 is 1.65 bits per heavy atom. The van der Waals surface area contributed by atoms with Crippen molar-refractivity contribution in [2.75, 3.05) is 0 Å². The Morgan fingerprint density at radius 1 is 0.935 bits per heavy atom. The third-order valence-corrected chi connectivity index (χ3v) is 9.96. The number of carbonyl (C=O) groups is 2. The van der Waals surface area contributed by atoms with Crippen molar-refractivity contribution < 1.29 is 9.59 Å². The van der Waals surface area contributed by atoms with Crippen LogP contribution in [0, 0.1) is 39.9 Å². The van der Waals surface area contributed by atoms with Gasteiger partial charge in [-0.15, -0.1) is 0 Å². The first-order valence-electron chi connectivity index (χ1n) is 12.3. The summed E-state index contributed by atoms with van der Waals surface area (Å²) in [5, 5.41) is 0. The first-order chi connectivity index (χ1) is 14.4. The molecule has 2 heteroatoms. The summed E-state index contributed by atoms with van der Waals surface area (Å²) in [7, 11) is 0. The molecule has 0 radical (unpaired) electrons. The lowest BCUT2D eigenvalue weighted by Crippen LogP contribution is -2.47. The molecule has 1 fully saturated rings. The van der Waals surface area contributed by atoms with Gasteiger partial charge in [0.05, 0.1) is 0 Å². The van der Waals surface area contributed by atoms with Crippen molar-refractivity contribution in [3.63, 3.8) is 0 Å². The number of rotatable bonds is 4. The van der Waals surface area contributed by atoms with Crippen LogP contribution in [0.4, 0.5) is 0 Å². The standard InChI is InChI=1S/C29H40O2/c1-18(2)19(3)8-9-20(4)22-11-14-29(7)24-17-26(31)25-16-21(30)10-13-27(25,5)23(24)12-15-28(22,29)6/h8-9,12,16-20,22H,10-11,13-15H2,1-7H3/b9-8+/t19-,20+,22+,27+,28+,29-/m0/s1. The summed E-state index contributed by atoms with van der Waals surface area (Å²) in [4.78, 5) is 25.2. The van der Waals surface area contributed by atoms with Crippen molar-refractivity contribution in [2.45, 2.75) is 80.6 Å². The lowest BCUT2D eigenvalue weighted by atomic mass is 9.48. The Labute approximate surface area is 188 Å². The average molecular weight is 421 g/mol. The van der Waals surface area contributed by atoms with Gasteiger partial charge in [-0.1, -0.05) is 66.7 Å². The fourth-order valence-corrected chi connectivity index (χ4v) is 7.04. The van der Waals surface area contributed by atoms with E-state index >= 15 is 0 Å². The number of hydrogen-bond donors (Lipinski definition) is 0. The van der Waals surface area contributed by atoms with Crippen molar-refractivity contribution >= 4 is 11.6 Å². The van der Waals surface area contributed by atoms with E-state index in [0.717, 1.165) is 24.8 Å². The van der Waals surface area contributed by atoms with E-state index < -0.39 is 0 Å². The minimum absolute atomic E-state index is 0.0131. The summed E-state index contributed by atoms with van der Waals surface area (Å²) in [6.45, 7) is 16.4. The van der Waals surface area contributed by atoms with E-state index in [9.17, 15) is 9.59 Å². The molecule has 4 aliphatic rings. The maximum atomic E-state index is 13.2. The van der Waals surface area contributed by atoms with Crippen LogP contribution in [0.3, 0.4) is 0 Å². The second-order valence-corrected chi connectivity index (χ2v) is 11.8. The van der Waals surface area contributed by atoms with Crippen LogP contribution in [-0.4, -0.2) is 11.6 Å². The maximum absolute atomic E-state index is 13.2. The number of carbonyl (C=O) groups excluding carboxylic acids is 2. The molecule has 2 nitrogen and oxygen atoms in total. The molecule has 0 amide bonds. The number of fused-ring (bicyclic) bond motifs is 5. The van der Waals surface area contributed by atoms with Gasteiger partial charge in [0.25, 0.3) is 0 Å². The summed E-state index contributed by atoms with van der Waals surface area (Å²) < 4.78 is 0. The van der Waals surface area contributed by atoms with Gasteiger partial charge < -0.3 is 0 Å². The minimum atomic E-state index is -0.296. The quantitative estimate of drug-likeness (QED) is 0.458. The molecule has 0 spiro atoms. The van der Waals surface area contributed by atoms with Crippen LogP contribution in [0.15, 0.2) is 47.1 Å². The summed E-state index contributed by atoms with van der Waals surface area (Å²) in [6.07, 6.45) is 15.6. The van der Waals surface area contributed by atoms with Crippen LogP contribution in [0.2, 0.25) is 0 Å². The van der Waals surface area contributed by atoms with Crippen molar-refractivity contribution in [2.24, 2.45) is 39.9 Å². The lowest BCUT2D eigenvalue weighted by molar-refractivity contribution is -0.118. The third kappa shape index (κ3) is 3.19. The Bertz CT molecular complexity index is 928. The second-order valence-electron chi connectivity index (χ2n) is 11.8. The Hall–Kier alpha value is -1.70. The zero-order valence-corrected chi connectivity index (χ0v) is 20.5. The van der Waals surface area contributed by atoms with Gasteiger partial charge in [0, 0.05) is 17.4 Å². The Kier molecular flexibility index (Phi) is 5.39.